The van der Waals surface area contributed by atoms with Crippen molar-refractivity contribution < 1.29 is 4.92 Å². The van der Waals surface area contributed by atoms with Gasteiger partial charge in [-0.1, -0.05) is 0 Å². The standard InChI is InChI=1S/C2H2N2O2.K/c3-1-2-4(5)6;/h2H2;. The molecule has 33 valence electrons. The Morgan fingerprint density at radius 2 is 2.29 bits per heavy atom. The molecular formula is C2H2KN2O2. The maximum Gasteiger partial charge on any atom is 0.287 e. The maximum absolute atomic E-state index is 9.18. The van der Waals surface area contributed by atoms with Gasteiger partial charge in [-0.3, -0.25) is 10.1 Å². The van der Waals surface area contributed by atoms with Crippen molar-refractivity contribution in [2.75, 3.05) is 6.54 Å². The molecular weight excluding hydrogens is 123 g/mol. The van der Waals surface area contributed by atoms with Gasteiger partial charge in [-0.2, -0.15) is 5.26 Å². The van der Waals surface area contributed by atoms with Crippen LogP contribution >= 0.6 is 0 Å². The summed E-state index contributed by atoms with van der Waals surface area (Å²) in [5.41, 5.74) is 0. The summed E-state index contributed by atoms with van der Waals surface area (Å²) in [7, 11) is 0. The molecule has 0 rings (SSSR count). The van der Waals surface area contributed by atoms with E-state index in [4.69, 9.17) is 5.26 Å². The van der Waals surface area contributed by atoms with Crippen LogP contribution < -0.4 is 0 Å². The first-order valence-electron chi connectivity index (χ1n) is 1.26. The zero-order chi connectivity index (χ0) is 4.99. The Bertz CT molecular complexity index is 96.4. The maximum atomic E-state index is 9.18. The smallest absolute Gasteiger partial charge is 0.263 e. The predicted molar refractivity (Wildman–Crippen MR) is 23.2 cm³/mol. The molecule has 0 aliphatic heterocycles. The molecule has 0 aromatic heterocycles. The molecule has 4 nitrogen and oxygen atoms in total. The second-order valence-electron chi connectivity index (χ2n) is 0.649. The zero-order valence-corrected chi connectivity index (χ0v) is 7.04. The molecule has 0 aromatic carbocycles. The molecule has 0 aliphatic rings. The van der Waals surface area contributed by atoms with Gasteiger partial charge in [0.2, 0.25) is 0 Å². The number of nitrogens with zero attached hydrogens (tertiary/aromatic N) is 2. The second-order valence-corrected chi connectivity index (χ2v) is 0.649. The van der Waals surface area contributed by atoms with Crippen LogP contribution in [0, 0.1) is 21.4 Å². The van der Waals surface area contributed by atoms with Gasteiger partial charge in [-0.25, -0.2) is 0 Å². The van der Waals surface area contributed by atoms with E-state index >= 15 is 0 Å². The summed E-state index contributed by atoms with van der Waals surface area (Å²) in [6.07, 6.45) is 0. The fraction of sp³-hybridized carbons (Fsp3) is 0.500. The number of rotatable bonds is 1. The molecule has 0 saturated carbocycles. The van der Waals surface area contributed by atoms with E-state index in [0.717, 1.165) is 0 Å². The molecule has 0 amide bonds. The van der Waals surface area contributed by atoms with Gasteiger partial charge in [0.25, 0.3) is 6.54 Å². The third kappa shape index (κ3) is 10.8. The monoisotopic (exact) mass is 125 g/mol. The van der Waals surface area contributed by atoms with Crippen molar-refractivity contribution in [2.45, 2.75) is 0 Å². The van der Waals surface area contributed by atoms with Crippen LogP contribution in [0.2, 0.25) is 0 Å². The van der Waals surface area contributed by atoms with Gasteiger partial charge in [0.1, 0.15) is 6.07 Å². The van der Waals surface area contributed by atoms with Gasteiger partial charge >= 0.3 is 0 Å². The fourth-order valence-corrected chi connectivity index (χ4v) is 0.0577. The first-order chi connectivity index (χ1) is 2.77. The summed E-state index contributed by atoms with van der Waals surface area (Å²) < 4.78 is 0. The molecule has 0 heterocycles. The van der Waals surface area contributed by atoms with E-state index in [9.17, 15) is 10.1 Å². The molecule has 0 N–H and O–H groups in total. The third-order valence-corrected chi connectivity index (χ3v) is 0.200. The van der Waals surface area contributed by atoms with Crippen LogP contribution in [0.1, 0.15) is 0 Å². The summed E-state index contributed by atoms with van der Waals surface area (Å²) in [6.45, 7) is -0.597. The van der Waals surface area contributed by atoms with Crippen LogP contribution in [-0.2, 0) is 0 Å². The summed E-state index contributed by atoms with van der Waals surface area (Å²) in [6, 6.07) is 1.37. The average molecular weight is 125 g/mol. The largest absolute Gasteiger partial charge is 0.287 e. The number of hydrogen-bond donors (Lipinski definition) is 0. The van der Waals surface area contributed by atoms with E-state index < -0.39 is 11.5 Å². The Morgan fingerprint density at radius 3 is 2.29 bits per heavy atom. The molecule has 0 aromatic rings. The van der Waals surface area contributed by atoms with Gasteiger partial charge < -0.3 is 0 Å². The molecule has 0 bridgehead atoms. The van der Waals surface area contributed by atoms with E-state index in [1.807, 2.05) is 0 Å². The summed E-state index contributed by atoms with van der Waals surface area (Å²) in [5, 5.41) is 16.7. The number of nitriles is 1. The quantitative estimate of drug-likeness (QED) is 0.203. The Labute approximate surface area is 83.1 Å². The van der Waals surface area contributed by atoms with Crippen LogP contribution in [0.3, 0.4) is 0 Å². The third-order valence-electron chi connectivity index (χ3n) is 0.200. The fourth-order valence-electron chi connectivity index (χ4n) is 0.0577. The minimum atomic E-state index is -0.681. The first kappa shape index (κ1) is 10.5. The van der Waals surface area contributed by atoms with Crippen molar-refractivity contribution in [1.29, 1.82) is 5.26 Å². The van der Waals surface area contributed by atoms with Crippen molar-refractivity contribution in [3.8, 4) is 6.07 Å². The Hall–Kier alpha value is 0.526. The van der Waals surface area contributed by atoms with Gasteiger partial charge in [0.15, 0.2) is 0 Å². The molecule has 0 unspecified atom stereocenters. The molecule has 0 saturated heterocycles. The van der Waals surface area contributed by atoms with Crippen molar-refractivity contribution >= 4 is 51.4 Å². The molecule has 0 spiro atoms. The number of hydrogen-bond acceptors (Lipinski definition) is 3. The Morgan fingerprint density at radius 1 is 1.86 bits per heavy atom. The van der Waals surface area contributed by atoms with E-state index in [1.54, 1.807) is 0 Å². The predicted octanol–water partition coefficient (Wildman–Crippen LogP) is -0.594. The molecule has 0 aliphatic carbocycles. The van der Waals surface area contributed by atoms with Crippen molar-refractivity contribution in [2.24, 2.45) is 0 Å². The molecule has 0 fully saturated rings. The molecule has 1 radical (unpaired) electrons. The number of nitro groups is 1. The first-order valence-corrected chi connectivity index (χ1v) is 1.26. The van der Waals surface area contributed by atoms with E-state index in [1.165, 1.54) is 6.07 Å². The van der Waals surface area contributed by atoms with Gasteiger partial charge in [0.05, 0.1) is 0 Å². The average Bonchev–Trinajstić information content (AvgIpc) is 1.35. The van der Waals surface area contributed by atoms with Crippen molar-refractivity contribution in [3.05, 3.63) is 10.1 Å². The normalized spacial score (nSPS) is 5.57. The molecule has 7 heavy (non-hydrogen) atoms. The Kier molecular flexibility index (Phi) is 9.79. The topological polar surface area (TPSA) is 66.9 Å². The molecule has 5 heteroatoms. The summed E-state index contributed by atoms with van der Waals surface area (Å²) >= 11 is 0. The van der Waals surface area contributed by atoms with Crippen LogP contribution in [0.4, 0.5) is 0 Å². The minimum absolute atomic E-state index is 0. The van der Waals surface area contributed by atoms with Gasteiger partial charge in [0, 0.05) is 56.3 Å². The Balaban J connectivity index is 0. The van der Waals surface area contributed by atoms with Crippen LogP contribution in [-0.4, -0.2) is 62.9 Å². The van der Waals surface area contributed by atoms with Crippen molar-refractivity contribution in [1.82, 2.24) is 0 Å². The van der Waals surface area contributed by atoms with Crippen molar-refractivity contribution in [3.63, 3.8) is 0 Å². The van der Waals surface area contributed by atoms with Crippen LogP contribution in [0.5, 0.6) is 0 Å². The van der Waals surface area contributed by atoms with E-state index in [2.05, 4.69) is 0 Å². The summed E-state index contributed by atoms with van der Waals surface area (Å²) in [4.78, 5) is 8.50. The van der Waals surface area contributed by atoms with Gasteiger partial charge in [-0.05, 0) is 0 Å². The zero-order valence-electron chi connectivity index (χ0n) is 3.92. The summed E-state index contributed by atoms with van der Waals surface area (Å²) in [5.74, 6) is 0. The van der Waals surface area contributed by atoms with Crippen LogP contribution in [0.25, 0.3) is 0 Å². The van der Waals surface area contributed by atoms with E-state index in [-0.39, 0.29) is 51.4 Å². The second kappa shape index (κ2) is 6.53. The SMILES string of the molecule is N#CC[N+](=O)[O-].[K]. The minimum Gasteiger partial charge on any atom is -0.263 e. The van der Waals surface area contributed by atoms with Gasteiger partial charge in [-0.15, -0.1) is 0 Å². The molecule has 0 atom stereocenters. The van der Waals surface area contributed by atoms with E-state index in [0.29, 0.717) is 0 Å². The van der Waals surface area contributed by atoms with Crippen LogP contribution in [0.15, 0.2) is 0 Å².